The summed E-state index contributed by atoms with van der Waals surface area (Å²) in [6.45, 7) is 3.33. The van der Waals surface area contributed by atoms with E-state index in [4.69, 9.17) is 10.5 Å². The van der Waals surface area contributed by atoms with E-state index in [1.807, 2.05) is 25.1 Å². The fourth-order valence-electron chi connectivity index (χ4n) is 3.90. The number of anilines is 3. The van der Waals surface area contributed by atoms with Gasteiger partial charge in [0.25, 0.3) is 0 Å². The minimum Gasteiger partial charge on any atom is -0.496 e. The van der Waals surface area contributed by atoms with Gasteiger partial charge in [-0.25, -0.2) is 9.50 Å². The maximum Gasteiger partial charge on any atom is 0.390 e. The zero-order valence-corrected chi connectivity index (χ0v) is 19.9. The average molecular weight is 499 g/mol. The third-order valence-electron chi connectivity index (χ3n) is 5.75. The first-order chi connectivity index (χ1) is 17.1. The van der Waals surface area contributed by atoms with Gasteiger partial charge in [-0.05, 0) is 43.7 Å². The van der Waals surface area contributed by atoms with Gasteiger partial charge in [-0.2, -0.15) is 13.2 Å². The molecule has 0 saturated heterocycles. The van der Waals surface area contributed by atoms with E-state index in [2.05, 4.69) is 20.7 Å². The average Bonchev–Trinajstić information content (AvgIpc) is 3.23. The quantitative estimate of drug-likeness (QED) is 0.307. The number of carbonyl (C=O) groups excluding carboxylic acids is 1. The Morgan fingerprint density at radius 3 is 2.58 bits per heavy atom. The maximum absolute atomic E-state index is 12.8. The maximum atomic E-state index is 12.8. The molecule has 4 aromatic rings. The van der Waals surface area contributed by atoms with Gasteiger partial charge in [-0.15, -0.1) is 5.10 Å². The molecule has 36 heavy (non-hydrogen) atoms. The van der Waals surface area contributed by atoms with Gasteiger partial charge in [-0.1, -0.05) is 12.1 Å². The van der Waals surface area contributed by atoms with Crippen molar-refractivity contribution in [3.8, 4) is 17.0 Å². The number of primary amides is 1. The molecule has 188 valence electrons. The molecule has 2 aromatic carbocycles. The van der Waals surface area contributed by atoms with Crippen LogP contribution in [0.5, 0.6) is 5.75 Å². The molecule has 2 heterocycles. The number of amides is 1. The van der Waals surface area contributed by atoms with Crippen molar-refractivity contribution in [2.45, 2.75) is 26.4 Å². The van der Waals surface area contributed by atoms with Crippen molar-refractivity contribution in [2.75, 3.05) is 24.3 Å². The third-order valence-corrected chi connectivity index (χ3v) is 5.75. The van der Waals surface area contributed by atoms with E-state index in [0.717, 1.165) is 11.3 Å². The van der Waals surface area contributed by atoms with Crippen molar-refractivity contribution in [2.24, 2.45) is 5.73 Å². The molecule has 0 aliphatic carbocycles. The number of nitrogens with zero attached hydrogens (tertiary/aromatic N) is 3. The minimum atomic E-state index is -4.30. The molecule has 0 atom stereocenters. The lowest BCUT2D eigenvalue weighted by Crippen LogP contribution is -2.15. The Bertz CT molecular complexity index is 1430. The molecule has 0 unspecified atom stereocenters. The van der Waals surface area contributed by atoms with Crippen LogP contribution in [0, 0.1) is 13.8 Å². The van der Waals surface area contributed by atoms with Crippen molar-refractivity contribution in [3.63, 3.8) is 0 Å². The first-order valence-corrected chi connectivity index (χ1v) is 11.1. The van der Waals surface area contributed by atoms with Gasteiger partial charge in [0.15, 0.2) is 11.5 Å². The molecule has 0 radical (unpaired) electrons. The summed E-state index contributed by atoms with van der Waals surface area (Å²) in [6.07, 6.45) is -3.72. The number of nitrogens with one attached hydrogen (secondary N) is 2. The standard InChI is InChI=1S/C25H25F3N6O2/c1-14-11-16(7-8-17(14)23(29)35)20-13-31-24-19(30-10-9-25(26,27)28)12-22(33-34(20)24)32-18-5-4-6-21(36-3)15(18)2/h4-8,11-13,30H,9-10H2,1-3H3,(H2,29,35)(H,32,33). The van der Waals surface area contributed by atoms with Crippen LogP contribution < -0.4 is 21.1 Å². The summed E-state index contributed by atoms with van der Waals surface area (Å²) in [4.78, 5) is 16.0. The Labute approximate surface area is 205 Å². The van der Waals surface area contributed by atoms with Crippen LogP contribution in [0.3, 0.4) is 0 Å². The number of aromatic nitrogens is 3. The summed E-state index contributed by atoms with van der Waals surface area (Å²) < 4.78 is 45.3. The molecule has 0 aliphatic heterocycles. The zero-order valence-electron chi connectivity index (χ0n) is 19.9. The Kier molecular flexibility index (Phi) is 6.73. The number of ether oxygens (including phenoxy) is 1. The number of alkyl halides is 3. The van der Waals surface area contributed by atoms with Gasteiger partial charge in [0.05, 0.1) is 31.1 Å². The number of methoxy groups -OCH3 is 1. The highest BCUT2D eigenvalue weighted by molar-refractivity contribution is 5.95. The number of fused-ring (bicyclic) bond motifs is 1. The Morgan fingerprint density at radius 1 is 1.14 bits per heavy atom. The molecule has 11 heteroatoms. The SMILES string of the molecule is COc1cccc(Nc2cc(NCCC(F)(F)F)c3ncc(-c4ccc(C(N)=O)c(C)c4)n3n2)c1C. The topological polar surface area (TPSA) is 107 Å². The van der Waals surface area contributed by atoms with Crippen molar-refractivity contribution < 1.29 is 22.7 Å². The Balaban J connectivity index is 1.80. The first-order valence-electron chi connectivity index (χ1n) is 11.1. The first kappa shape index (κ1) is 24.8. The predicted molar refractivity (Wildman–Crippen MR) is 132 cm³/mol. The van der Waals surface area contributed by atoms with E-state index in [1.165, 1.54) is 0 Å². The summed E-state index contributed by atoms with van der Waals surface area (Å²) >= 11 is 0. The number of carbonyl (C=O) groups is 1. The Morgan fingerprint density at radius 2 is 1.92 bits per heavy atom. The third kappa shape index (κ3) is 5.19. The molecule has 1 amide bonds. The second kappa shape index (κ2) is 9.76. The lowest BCUT2D eigenvalue weighted by atomic mass is 10.0. The van der Waals surface area contributed by atoms with Gasteiger partial charge in [0.2, 0.25) is 5.91 Å². The van der Waals surface area contributed by atoms with Crippen molar-refractivity contribution in [1.82, 2.24) is 14.6 Å². The number of imidazole rings is 1. The van der Waals surface area contributed by atoms with Crippen LogP contribution in [-0.4, -0.2) is 40.3 Å². The van der Waals surface area contributed by atoms with Crippen LogP contribution in [0.2, 0.25) is 0 Å². The molecule has 0 spiro atoms. The number of nitrogens with two attached hydrogens (primary N) is 1. The number of hydrogen-bond donors (Lipinski definition) is 3. The molecule has 8 nitrogen and oxygen atoms in total. The largest absolute Gasteiger partial charge is 0.496 e. The monoisotopic (exact) mass is 498 g/mol. The molecule has 0 bridgehead atoms. The van der Waals surface area contributed by atoms with Gasteiger partial charge >= 0.3 is 6.18 Å². The molecule has 0 aliphatic rings. The zero-order chi connectivity index (χ0) is 26.0. The van der Waals surface area contributed by atoms with Crippen LogP contribution in [0.15, 0.2) is 48.7 Å². The predicted octanol–water partition coefficient (Wildman–Crippen LogP) is 5.23. The van der Waals surface area contributed by atoms with Gasteiger partial charge in [-0.3, -0.25) is 4.79 Å². The summed E-state index contributed by atoms with van der Waals surface area (Å²) in [5, 5.41) is 10.7. The van der Waals surface area contributed by atoms with Gasteiger partial charge in [0.1, 0.15) is 5.75 Å². The lowest BCUT2D eigenvalue weighted by Gasteiger charge is -2.15. The number of halogens is 3. The van der Waals surface area contributed by atoms with E-state index in [-0.39, 0.29) is 6.54 Å². The summed E-state index contributed by atoms with van der Waals surface area (Å²) in [7, 11) is 1.57. The number of hydrogen-bond acceptors (Lipinski definition) is 6. The van der Waals surface area contributed by atoms with Crippen LogP contribution in [0.25, 0.3) is 16.9 Å². The second-order valence-corrected chi connectivity index (χ2v) is 8.27. The molecular formula is C25H25F3N6O2. The van der Waals surface area contributed by atoms with Crippen LogP contribution in [0.4, 0.5) is 30.4 Å². The molecule has 0 fully saturated rings. The fourth-order valence-corrected chi connectivity index (χ4v) is 3.90. The van der Waals surface area contributed by atoms with E-state index < -0.39 is 18.5 Å². The molecule has 0 saturated carbocycles. The van der Waals surface area contributed by atoms with Gasteiger partial charge < -0.3 is 21.1 Å². The molecule has 4 rings (SSSR count). The van der Waals surface area contributed by atoms with E-state index in [0.29, 0.717) is 45.3 Å². The van der Waals surface area contributed by atoms with Crippen molar-refractivity contribution in [3.05, 3.63) is 65.4 Å². The second-order valence-electron chi connectivity index (χ2n) is 8.27. The smallest absolute Gasteiger partial charge is 0.390 e. The normalized spacial score (nSPS) is 11.5. The highest BCUT2D eigenvalue weighted by Gasteiger charge is 2.26. The highest BCUT2D eigenvalue weighted by Crippen LogP contribution is 2.31. The Hall–Kier alpha value is -4.28. The van der Waals surface area contributed by atoms with E-state index in [1.54, 1.807) is 49.0 Å². The van der Waals surface area contributed by atoms with E-state index in [9.17, 15) is 18.0 Å². The van der Waals surface area contributed by atoms with Crippen molar-refractivity contribution >= 4 is 28.7 Å². The van der Waals surface area contributed by atoms with Crippen LogP contribution in [0.1, 0.15) is 27.9 Å². The number of aryl methyl sites for hydroxylation is 1. The van der Waals surface area contributed by atoms with Gasteiger partial charge in [0, 0.05) is 35.0 Å². The van der Waals surface area contributed by atoms with E-state index >= 15 is 0 Å². The van der Waals surface area contributed by atoms with Crippen molar-refractivity contribution in [1.29, 1.82) is 0 Å². The summed E-state index contributed by atoms with van der Waals surface area (Å²) in [5.74, 6) is 0.530. The summed E-state index contributed by atoms with van der Waals surface area (Å²) in [5.41, 5.74) is 10.1. The molecular weight excluding hydrogens is 473 g/mol. The fraction of sp³-hybridized carbons (Fsp3) is 0.240. The minimum absolute atomic E-state index is 0.324. The van der Waals surface area contributed by atoms with Crippen LogP contribution >= 0.6 is 0 Å². The summed E-state index contributed by atoms with van der Waals surface area (Å²) in [6, 6.07) is 12.2. The lowest BCUT2D eigenvalue weighted by molar-refractivity contribution is -0.131. The highest BCUT2D eigenvalue weighted by atomic mass is 19.4. The molecule has 4 N–H and O–H groups in total. The number of benzene rings is 2. The molecule has 2 aromatic heterocycles. The number of rotatable bonds is 8. The van der Waals surface area contributed by atoms with Crippen LogP contribution in [-0.2, 0) is 0 Å².